The second kappa shape index (κ2) is 6.21. The van der Waals surface area contributed by atoms with Crippen LogP contribution in [-0.4, -0.2) is 6.54 Å². The SMILES string of the molecule is C#CCCCNC(C)c1ccccc1F. The Morgan fingerprint density at radius 2 is 2.20 bits per heavy atom. The molecule has 1 atom stereocenters. The highest BCUT2D eigenvalue weighted by molar-refractivity contribution is 5.20. The number of rotatable bonds is 5. The van der Waals surface area contributed by atoms with E-state index in [9.17, 15) is 4.39 Å². The monoisotopic (exact) mass is 205 g/mol. The molecule has 1 rings (SSSR count). The van der Waals surface area contributed by atoms with E-state index < -0.39 is 0 Å². The van der Waals surface area contributed by atoms with E-state index in [1.165, 1.54) is 6.07 Å². The molecule has 0 aliphatic carbocycles. The highest BCUT2D eigenvalue weighted by Gasteiger charge is 2.08. The van der Waals surface area contributed by atoms with Crippen LogP contribution in [0.25, 0.3) is 0 Å². The van der Waals surface area contributed by atoms with Crippen molar-refractivity contribution in [3.8, 4) is 12.3 Å². The lowest BCUT2D eigenvalue weighted by Crippen LogP contribution is -2.20. The summed E-state index contributed by atoms with van der Waals surface area (Å²) < 4.78 is 13.3. The number of unbranched alkanes of at least 4 members (excludes halogenated alkanes) is 1. The van der Waals surface area contributed by atoms with Crippen LogP contribution in [0.4, 0.5) is 4.39 Å². The van der Waals surface area contributed by atoms with Crippen LogP contribution in [-0.2, 0) is 0 Å². The summed E-state index contributed by atoms with van der Waals surface area (Å²) in [5.74, 6) is 2.42. The van der Waals surface area contributed by atoms with Gasteiger partial charge in [0, 0.05) is 18.0 Å². The van der Waals surface area contributed by atoms with Crippen LogP contribution in [0.3, 0.4) is 0 Å². The topological polar surface area (TPSA) is 12.0 Å². The highest BCUT2D eigenvalue weighted by atomic mass is 19.1. The second-order valence-corrected chi connectivity index (χ2v) is 3.51. The Bertz CT molecular complexity index is 341. The molecule has 1 N–H and O–H groups in total. The van der Waals surface area contributed by atoms with Gasteiger partial charge in [-0.05, 0) is 26.0 Å². The van der Waals surface area contributed by atoms with Crippen LogP contribution in [0, 0.1) is 18.2 Å². The van der Waals surface area contributed by atoms with Crippen LogP contribution in [0.1, 0.15) is 31.4 Å². The summed E-state index contributed by atoms with van der Waals surface area (Å²) in [7, 11) is 0. The minimum atomic E-state index is -0.158. The molecule has 0 heterocycles. The molecule has 1 unspecified atom stereocenters. The molecule has 1 aromatic carbocycles. The number of hydrogen-bond acceptors (Lipinski definition) is 1. The second-order valence-electron chi connectivity index (χ2n) is 3.51. The van der Waals surface area contributed by atoms with Crippen molar-refractivity contribution in [3.63, 3.8) is 0 Å². The Labute approximate surface area is 90.7 Å². The van der Waals surface area contributed by atoms with Crippen molar-refractivity contribution in [2.24, 2.45) is 0 Å². The van der Waals surface area contributed by atoms with E-state index in [4.69, 9.17) is 6.42 Å². The third-order valence-corrected chi connectivity index (χ3v) is 2.32. The van der Waals surface area contributed by atoms with Crippen molar-refractivity contribution in [2.45, 2.75) is 25.8 Å². The summed E-state index contributed by atoms with van der Waals surface area (Å²) in [6.45, 7) is 2.77. The Morgan fingerprint density at radius 3 is 2.87 bits per heavy atom. The minimum Gasteiger partial charge on any atom is -0.310 e. The van der Waals surface area contributed by atoms with E-state index in [2.05, 4.69) is 11.2 Å². The lowest BCUT2D eigenvalue weighted by Gasteiger charge is -2.14. The average Bonchev–Trinajstić information content (AvgIpc) is 2.25. The van der Waals surface area contributed by atoms with Crippen molar-refractivity contribution < 1.29 is 4.39 Å². The maximum absolute atomic E-state index is 13.3. The zero-order chi connectivity index (χ0) is 11.1. The molecule has 0 bridgehead atoms. The number of hydrogen-bond donors (Lipinski definition) is 1. The van der Waals surface area contributed by atoms with Gasteiger partial charge in [0.2, 0.25) is 0 Å². The minimum absolute atomic E-state index is 0.0315. The molecule has 2 heteroatoms. The maximum atomic E-state index is 13.3. The Hall–Kier alpha value is -1.33. The van der Waals surface area contributed by atoms with E-state index in [1.807, 2.05) is 13.0 Å². The van der Waals surface area contributed by atoms with E-state index in [0.717, 1.165) is 19.4 Å². The number of halogens is 1. The van der Waals surface area contributed by atoms with Gasteiger partial charge in [0.05, 0.1) is 0 Å². The van der Waals surface area contributed by atoms with Crippen LogP contribution >= 0.6 is 0 Å². The quantitative estimate of drug-likeness (QED) is 0.575. The first-order valence-corrected chi connectivity index (χ1v) is 5.17. The van der Waals surface area contributed by atoms with Gasteiger partial charge in [0.25, 0.3) is 0 Å². The largest absolute Gasteiger partial charge is 0.310 e. The van der Waals surface area contributed by atoms with Crippen molar-refractivity contribution in [3.05, 3.63) is 35.6 Å². The Morgan fingerprint density at radius 1 is 1.47 bits per heavy atom. The van der Waals surface area contributed by atoms with Crippen LogP contribution < -0.4 is 5.32 Å². The fourth-order valence-corrected chi connectivity index (χ4v) is 1.45. The van der Waals surface area contributed by atoms with Gasteiger partial charge in [-0.15, -0.1) is 12.3 Å². The van der Waals surface area contributed by atoms with Crippen molar-refractivity contribution in [1.29, 1.82) is 0 Å². The van der Waals surface area contributed by atoms with E-state index in [0.29, 0.717) is 5.56 Å². The lowest BCUT2D eigenvalue weighted by atomic mass is 10.1. The third-order valence-electron chi connectivity index (χ3n) is 2.32. The molecular formula is C13H16FN. The van der Waals surface area contributed by atoms with Gasteiger partial charge in [-0.3, -0.25) is 0 Å². The van der Waals surface area contributed by atoms with Crippen LogP contribution in [0.15, 0.2) is 24.3 Å². The number of benzene rings is 1. The molecule has 0 radical (unpaired) electrons. The van der Waals surface area contributed by atoms with Gasteiger partial charge in [-0.1, -0.05) is 18.2 Å². The highest BCUT2D eigenvalue weighted by Crippen LogP contribution is 2.15. The summed E-state index contributed by atoms with van der Waals surface area (Å²) in [4.78, 5) is 0. The van der Waals surface area contributed by atoms with Gasteiger partial charge < -0.3 is 5.32 Å². The third kappa shape index (κ3) is 3.73. The summed E-state index contributed by atoms with van der Waals surface area (Å²) in [5.41, 5.74) is 0.707. The molecule has 0 aromatic heterocycles. The molecule has 80 valence electrons. The summed E-state index contributed by atoms with van der Waals surface area (Å²) in [5, 5.41) is 3.24. The lowest BCUT2D eigenvalue weighted by molar-refractivity contribution is 0.523. The number of terminal acetylenes is 1. The van der Waals surface area contributed by atoms with Crippen molar-refractivity contribution in [1.82, 2.24) is 5.32 Å². The van der Waals surface area contributed by atoms with Gasteiger partial charge in [0.1, 0.15) is 5.82 Å². The summed E-state index contributed by atoms with van der Waals surface area (Å²) in [6, 6.07) is 6.86. The smallest absolute Gasteiger partial charge is 0.127 e. The Balaban J connectivity index is 2.44. The zero-order valence-corrected chi connectivity index (χ0v) is 8.96. The van der Waals surface area contributed by atoms with Crippen LogP contribution in [0.5, 0.6) is 0 Å². The average molecular weight is 205 g/mol. The van der Waals surface area contributed by atoms with Gasteiger partial charge >= 0.3 is 0 Å². The van der Waals surface area contributed by atoms with Gasteiger partial charge in [-0.25, -0.2) is 4.39 Å². The van der Waals surface area contributed by atoms with Crippen LogP contribution in [0.2, 0.25) is 0 Å². The first-order valence-electron chi connectivity index (χ1n) is 5.17. The zero-order valence-electron chi connectivity index (χ0n) is 8.96. The number of nitrogens with one attached hydrogen (secondary N) is 1. The van der Waals surface area contributed by atoms with E-state index in [-0.39, 0.29) is 11.9 Å². The molecule has 0 fully saturated rings. The fraction of sp³-hybridized carbons (Fsp3) is 0.385. The van der Waals surface area contributed by atoms with E-state index in [1.54, 1.807) is 12.1 Å². The molecule has 0 amide bonds. The standard InChI is InChI=1S/C13H16FN/c1-3-4-7-10-15-11(2)12-8-5-6-9-13(12)14/h1,5-6,8-9,11,15H,4,7,10H2,2H3. The molecule has 0 aliphatic rings. The summed E-state index contributed by atoms with van der Waals surface area (Å²) >= 11 is 0. The van der Waals surface area contributed by atoms with E-state index >= 15 is 0 Å². The van der Waals surface area contributed by atoms with Crippen molar-refractivity contribution in [2.75, 3.05) is 6.54 Å². The molecule has 1 aromatic rings. The predicted octanol–water partition coefficient (Wildman–Crippen LogP) is 2.89. The molecule has 0 saturated carbocycles. The van der Waals surface area contributed by atoms with Gasteiger partial charge in [-0.2, -0.15) is 0 Å². The fourth-order valence-electron chi connectivity index (χ4n) is 1.45. The first kappa shape index (κ1) is 11.7. The molecule has 0 spiro atoms. The maximum Gasteiger partial charge on any atom is 0.127 e. The predicted molar refractivity (Wildman–Crippen MR) is 60.9 cm³/mol. The van der Waals surface area contributed by atoms with Gasteiger partial charge in [0.15, 0.2) is 0 Å². The molecular weight excluding hydrogens is 189 g/mol. The molecule has 15 heavy (non-hydrogen) atoms. The van der Waals surface area contributed by atoms with Crippen molar-refractivity contribution >= 4 is 0 Å². The molecule has 1 nitrogen and oxygen atoms in total. The normalized spacial score (nSPS) is 12.1. The molecule has 0 saturated heterocycles. The Kier molecular flexibility index (Phi) is 4.86. The summed E-state index contributed by atoms with van der Waals surface area (Å²) in [6.07, 6.45) is 6.83. The first-order chi connectivity index (χ1) is 7.25. The molecule has 0 aliphatic heterocycles.